The Morgan fingerprint density at radius 3 is 2.67 bits per heavy atom. The third-order valence-corrected chi connectivity index (χ3v) is 3.29. The van der Waals surface area contributed by atoms with Gasteiger partial charge in [-0.25, -0.2) is 14.4 Å². The average Bonchev–Trinajstić information content (AvgIpc) is 2.60. The largest absolute Gasteiger partial charge is 0.472 e. The number of rotatable bonds is 7. The summed E-state index contributed by atoms with van der Waals surface area (Å²) in [5, 5.41) is 0. The van der Waals surface area contributed by atoms with Crippen molar-refractivity contribution >= 4 is 0 Å². The van der Waals surface area contributed by atoms with Crippen LogP contribution in [0, 0.1) is 11.8 Å². The molecule has 1 aromatic heterocycles. The molecule has 0 aliphatic carbocycles. The maximum atomic E-state index is 12.7. The van der Waals surface area contributed by atoms with E-state index in [0.29, 0.717) is 25.3 Å². The zero-order valence-corrected chi connectivity index (χ0v) is 13.8. The minimum absolute atomic E-state index is 0.408. The highest BCUT2D eigenvalue weighted by molar-refractivity contribution is 5.59. The highest BCUT2D eigenvalue weighted by atomic mass is 19.1. The quantitative estimate of drug-likeness (QED) is 0.424. The van der Waals surface area contributed by atoms with Gasteiger partial charge in [-0.1, -0.05) is 36.6 Å². The maximum Gasteiger partial charge on any atom is 0.232 e. The first-order valence-corrected chi connectivity index (χ1v) is 7.98. The van der Waals surface area contributed by atoms with E-state index in [9.17, 15) is 4.39 Å². The second kappa shape index (κ2) is 9.46. The minimum Gasteiger partial charge on any atom is -0.472 e. The molecule has 1 unspecified atom stereocenters. The second-order valence-corrected chi connectivity index (χ2v) is 5.39. The summed E-state index contributed by atoms with van der Waals surface area (Å²) in [6.07, 6.45) is 6.26. The molecule has 0 saturated carbocycles. The van der Waals surface area contributed by atoms with Crippen LogP contribution in [0.25, 0.3) is 11.3 Å². The molecule has 2 aromatic rings. The zero-order valence-electron chi connectivity index (χ0n) is 13.8. The Bertz CT molecular complexity index is 697. The van der Waals surface area contributed by atoms with Crippen LogP contribution in [0.15, 0.2) is 49.3 Å². The molecule has 4 heteroatoms. The molecule has 1 atom stereocenters. The Kier molecular flexibility index (Phi) is 6.97. The fourth-order valence-electron chi connectivity index (χ4n) is 2.04. The van der Waals surface area contributed by atoms with Crippen molar-refractivity contribution in [3.63, 3.8) is 0 Å². The summed E-state index contributed by atoms with van der Waals surface area (Å²) < 4.78 is 18.0. The normalized spacial score (nSPS) is 11.2. The van der Waals surface area contributed by atoms with Gasteiger partial charge in [-0.2, -0.15) is 0 Å². The van der Waals surface area contributed by atoms with Gasteiger partial charge in [0.2, 0.25) is 5.88 Å². The molecule has 0 spiro atoms. The predicted octanol–water partition coefficient (Wildman–Crippen LogP) is 4.59. The van der Waals surface area contributed by atoms with E-state index in [1.165, 1.54) is 0 Å². The van der Waals surface area contributed by atoms with E-state index in [2.05, 4.69) is 28.4 Å². The number of nitrogens with zero attached hydrogens (tertiary/aromatic N) is 2. The number of aromatic nitrogens is 2. The number of ether oxygens (including phenoxy) is 1. The molecule has 0 amide bonds. The van der Waals surface area contributed by atoms with Crippen molar-refractivity contribution in [3.05, 3.63) is 54.9 Å². The number of hydrogen-bond donors (Lipinski definition) is 0. The molecule has 0 saturated heterocycles. The number of alkyl halides is 1. The Morgan fingerprint density at radius 2 is 2.04 bits per heavy atom. The summed E-state index contributed by atoms with van der Waals surface area (Å²) in [5.41, 5.74) is 2.68. The highest BCUT2D eigenvalue weighted by Crippen LogP contribution is 2.18. The lowest BCUT2D eigenvalue weighted by atomic mass is 10.1. The summed E-state index contributed by atoms with van der Waals surface area (Å²) in [6, 6.07) is 7.82. The van der Waals surface area contributed by atoms with Gasteiger partial charge in [-0.05, 0) is 31.9 Å². The van der Waals surface area contributed by atoms with E-state index in [0.717, 1.165) is 23.2 Å². The number of halogens is 1. The molecule has 0 fully saturated rings. The smallest absolute Gasteiger partial charge is 0.232 e. The Balaban J connectivity index is 1.94. The molecule has 0 N–H and O–H groups in total. The summed E-state index contributed by atoms with van der Waals surface area (Å²) >= 11 is 0. The van der Waals surface area contributed by atoms with Crippen LogP contribution in [-0.4, -0.2) is 22.7 Å². The number of hydrogen-bond acceptors (Lipinski definition) is 3. The third-order valence-electron chi connectivity index (χ3n) is 3.29. The molecule has 3 nitrogen and oxygen atoms in total. The first-order valence-electron chi connectivity index (χ1n) is 7.98. The third kappa shape index (κ3) is 5.85. The van der Waals surface area contributed by atoms with Crippen molar-refractivity contribution in [3.8, 4) is 29.0 Å². The van der Waals surface area contributed by atoms with Crippen LogP contribution in [0.2, 0.25) is 0 Å². The van der Waals surface area contributed by atoms with Crippen LogP contribution < -0.4 is 4.74 Å². The van der Waals surface area contributed by atoms with Gasteiger partial charge in [0.25, 0.3) is 0 Å². The van der Waals surface area contributed by atoms with Crippen LogP contribution in [-0.2, 0) is 0 Å². The van der Waals surface area contributed by atoms with E-state index < -0.39 is 6.17 Å². The van der Waals surface area contributed by atoms with Gasteiger partial charge in [-0.3, -0.25) is 0 Å². The first kappa shape index (κ1) is 17.7. The molecule has 0 aliphatic heterocycles. The number of unbranched alkanes of at least 4 members (excludes halogenated alkanes) is 1. The topological polar surface area (TPSA) is 35.0 Å². The van der Waals surface area contributed by atoms with Crippen molar-refractivity contribution in [1.29, 1.82) is 0 Å². The van der Waals surface area contributed by atoms with Gasteiger partial charge < -0.3 is 4.74 Å². The van der Waals surface area contributed by atoms with Crippen LogP contribution in [0.5, 0.6) is 5.88 Å². The maximum absolute atomic E-state index is 12.7. The molecule has 0 aliphatic rings. The lowest BCUT2D eigenvalue weighted by Crippen LogP contribution is -1.96. The van der Waals surface area contributed by atoms with E-state index in [-0.39, 0.29) is 0 Å². The monoisotopic (exact) mass is 324 g/mol. The van der Waals surface area contributed by atoms with Crippen LogP contribution in [0.4, 0.5) is 4.39 Å². The Labute approximate surface area is 142 Å². The predicted molar refractivity (Wildman–Crippen MR) is 94.5 cm³/mol. The van der Waals surface area contributed by atoms with Crippen molar-refractivity contribution < 1.29 is 9.13 Å². The first-order chi connectivity index (χ1) is 11.7. The molecular formula is C20H21FN2O. The van der Waals surface area contributed by atoms with Crippen LogP contribution >= 0.6 is 0 Å². The van der Waals surface area contributed by atoms with Crippen molar-refractivity contribution in [2.24, 2.45) is 0 Å². The molecular weight excluding hydrogens is 303 g/mol. The lowest BCUT2D eigenvalue weighted by molar-refractivity contribution is 0.336. The van der Waals surface area contributed by atoms with Gasteiger partial charge >= 0.3 is 0 Å². The summed E-state index contributed by atoms with van der Waals surface area (Å²) in [7, 11) is 0. The average molecular weight is 324 g/mol. The minimum atomic E-state index is -0.749. The van der Waals surface area contributed by atoms with E-state index in [1.807, 2.05) is 24.3 Å². The lowest BCUT2D eigenvalue weighted by Gasteiger charge is -2.03. The van der Waals surface area contributed by atoms with Gasteiger partial charge in [0, 0.05) is 17.5 Å². The second-order valence-electron chi connectivity index (χ2n) is 5.39. The molecule has 2 rings (SSSR count). The van der Waals surface area contributed by atoms with Gasteiger partial charge in [0.1, 0.15) is 6.61 Å². The van der Waals surface area contributed by atoms with Crippen LogP contribution in [0.1, 0.15) is 31.7 Å². The summed E-state index contributed by atoms with van der Waals surface area (Å²) in [6.45, 7) is 5.57. The molecule has 0 bridgehead atoms. The molecule has 124 valence electrons. The molecule has 24 heavy (non-hydrogen) atoms. The summed E-state index contributed by atoms with van der Waals surface area (Å²) in [4.78, 5) is 8.55. The van der Waals surface area contributed by atoms with Gasteiger partial charge in [0.05, 0.1) is 24.3 Å². The Hall–Kier alpha value is -2.67. The van der Waals surface area contributed by atoms with Crippen molar-refractivity contribution in [2.75, 3.05) is 6.61 Å². The van der Waals surface area contributed by atoms with Gasteiger partial charge in [0.15, 0.2) is 0 Å². The molecule has 0 radical (unpaired) electrons. The fourth-order valence-corrected chi connectivity index (χ4v) is 2.04. The van der Waals surface area contributed by atoms with E-state index in [4.69, 9.17) is 4.74 Å². The SMILES string of the molecule is C=CCOc1cnc(-c2ccc(C#CCCCC(C)F)cc2)cn1. The Morgan fingerprint density at radius 1 is 1.25 bits per heavy atom. The van der Waals surface area contributed by atoms with E-state index >= 15 is 0 Å². The van der Waals surface area contributed by atoms with Crippen molar-refractivity contribution in [1.82, 2.24) is 9.97 Å². The standard InChI is InChI=1S/C20H21FN2O/c1-3-13-24-20-15-22-19(14-23-20)18-11-9-17(10-12-18)8-6-4-5-7-16(2)21/h3,9-12,14-16H,1,4-5,7,13H2,2H3. The van der Waals surface area contributed by atoms with E-state index in [1.54, 1.807) is 25.4 Å². The van der Waals surface area contributed by atoms with Gasteiger partial charge in [-0.15, -0.1) is 0 Å². The zero-order chi connectivity index (χ0) is 17.2. The highest BCUT2D eigenvalue weighted by Gasteiger charge is 2.01. The number of benzene rings is 1. The fraction of sp³-hybridized carbons (Fsp3) is 0.300. The summed E-state index contributed by atoms with van der Waals surface area (Å²) in [5.74, 6) is 6.64. The molecule has 1 aromatic carbocycles. The van der Waals surface area contributed by atoms with Crippen molar-refractivity contribution in [2.45, 2.75) is 32.4 Å². The van der Waals surface area contributed by atoms with Crippen LogP contribution in [0.3, 0.4) is 0 Å². The molecule has 1 heterocycles.